The summed E-state index contributed by atoms with van der Waals surface area (Å²) in [5.41, 5.74) is 0.0199. The molecule has 0 radical (unpaired) electrons. The van der Waals surface area contributed by atoms with Crippen LogP contribution in [0.4, 0.5) is 4.39 Å². The Labute approximate surface area is 125 Å². The van der Waals surface area contributed by atoms with Gasteiger partial charge in [0, 0.05) is 25.2 Å². The van der Waals surface area contributed by atoms with Gasteiger partial charge in [-0.3, -0.25) is 4.79 Å². The maximum absolute atomic E-state index is 13.9. The first-order valence-corrected chi connectivity index (χ1v) is 7.48. The Morgan fingerprint density at radius 2 is 2.29 bits per heavy atom. The Bertz CT molecular complexity index is 499. The average Bonchev–Trinajstić information content (AvgIpc) is 2.89. The third-order valence-corrected chi connectivity index (χ3v) is 3.66. The molecule has 1 unspecified atom stereocenters. The van der Waals surface area contributed by atoms with Crippen molar-refractivity contribution < 1.29 is 14.3 Å². The summed E-state index contributed by atoms with van der Waals surface area (Å²) in [6.07, 6.45) is 2.15. The first-order valence-electron chi connectivity index (χ1n) is 7.48. The van der Waals surface area contributed by atoms with E-state index >= 15 is 0 Å². The fraction of sp³-hybridized carbons (Fsp3) is 0.562. The molecule has 2 N–H and O–H groups in total. The molecule has 0 spiro atoms. The summed E-state index contributed by atoms with van der Waals surface area (Å²) in [6.45, 7) is 6.24. The molecule has 116 valence electrons. The van der Waals surface area contributed by atoms with E-state index in [-0.39, 0.29) is 23.3 Å². The molecule has 1 atom stereocenters. The molecule has 1 aliphatic heterocycles. The van der Waals surface area contributed by atoms with E-state index in [0.717, 1.165) is 25.5 Å². The Kier molecular flexibility index (Phi) is 5.17. The third kappa shape index (κ3) is 4.17. The van der Waals surface area contributed by atoms with Crippen molar-refractivity contribution in [2.75, 3.05) is 19.6 Å². The number of rotatable bonds is 5. The van der Waals surface area contributed by atoms with Gasteiger partial charge in [-0.05, 0) is 37.4 Å². The van der Waals surface area contributed by atoms with Crippen LogP contribution in [0.15, 0.2) is 18.2 Å². The number of nitrogens with one attached hydrogen (secondary N) is 1. The minimum atomic E-state index is -0.673. The van der Waals surface area contributed by atoms with Gasteiger partial charge in [-0.1, -0.05) is 13.8 Å². The molecule has 0 saturated carbocycles. The largest absolute Gasteiger partial charge is 0.508 e. The quantitative estimate of drug-likeness (QED) is 0.876. The Balaban J connectivity index is 2.15. The summed E-state index contributed by atoms with van der Waals surface area (Å²) in [6, 6.07) is 3.96. The van der Waals surface area contributed by atoms with Gasteiger partial charge in [-0.25, -0.2) is 4.39 Å². The van der Waals surface area contributed by atoms with Crippen LogP contribution in [-0.4, -0.2) is 41.6 Å². The molecule has 1 amide bonds. The van der Waals surface area contributed by atoms with E-state index in [2.05, 4.69) is 5.32 Å². The molecule has 1 aromatic rings. The lowest BCUT2D eigenvalue weighted by molar-refractivity contribution is 0.0716. The highest BCUT2D eigenvalue weighted by Gasteiger charge is 2.24. The molecule has 4 nitrogen and oxygen atoms in total. The van der Waals surface area contributed by atoms with Crippen LogP contribution in [0.25, 0.3) is 0 Å². The zero-order valence-corrected chi connectivity index (χ0v) is 12.6. The summed E-state index contributed by atoms with van der Waals surface area (Å²) in [5.74, 6) is -0.838. The SMILES string of the molecule is CC(C)CN(CC1CCCN1)C(=O)c1ccc(O)cc1F. The number of phenols is 1. The smallest absolute Gasteiger partial charge is 0.256 e. The van der Waals surface area contributed by atoms with Crippen molar-refractivity contribution >= 4 is 5.91 Å². The number of nitrogens with zero attached hydrogens (tertiary/aromatic N) is 1. The number of carbonyl (C=O) groups excluding carboxylic acids is 1. The molecule has 1 aromatic carbocycles. The van der Waals surface area contributed by atoms with Gasteiger partial charge in [0.1, 0.15) is 11.6 Å². The average molecular weight is 294 g/mol. The standard InChI is InChI=1S/C16H23FN2O2/c1-11(2)9-19(10-12-4-3-7-18-12)16(21)14-6-5-13(20)8-15(14)17/h5-6,8,11-12,18,20H,3-4,7,9-10H2,1-2H3. The molecule has 2 rings (SSSR count). The zero-order chi connectivity index (χ0) is 15.4. The second-order valence-corrected chi connectivity index (χ2v) is 6.06. The molecule has 0 bridgehead atoms. The molecule has 0 aliphatic carbocycles. The number of hydrogen-bond donors (Lipinski definition) is 2. The van der Waals surface area contributed by atoms with E-state index in [9.17, 15) is 14.3 Å². The van der Waals surface area contributed by atoms with Crippen LogP contribution in [0.2, 0.25) is 0 Å². The van der Waals surface area contributed by atoms with Crippen LogP contribution in [0.3, 0.4) is 0 Å². The van der Waals surface area contributed by atoms with Crippen molar-refractivity contribution in [2.24, 2.45) is 5.92 Å². The second-order valence-electron chi connectivity index (χ2n) is 6.06. The molecule has 0 aromatic heterocycles. The van der Waals surface area contributed by atoms with E-state index in [1.54, 1.807) is 4.90 Å². The monoisotopic (exact) mass is 294 g/mol. The lowest BCUT2D eigenvalue weighted by Crippen LogP contribution is -2.43. The van der Waals surface area contributed by atoms with Crippen molar-refractivity contribution in [3.05, 3.63) is 29.6 Å². The van der Waals surface area contributed by atoms with Crippen LogP contribution in [-0.2, 0) is 0 Å². The minimum Gasteiger partial charge on any atom is -0.508 e. The second kappa shape index (κ2) is 6.89. The van der Waals surface area contributed by atoms with Crippen molar-refractivity contribution in [2.45, 2.75) is 32.7 Å². The number of carbonyl (C=O) groups is 1. The molecule has 21 heavy (non-hydrogen) atoms. The number of aromatic hydroxyl groups is 1. The Morgan fingerprint density at radius 1 is 1.52 bits per heavy atom. The van der Waals surface area contributed by atoms with Crippen LogP contribution in [0, 0.1) is 11.7 Å². The predicted octanol–water partition coefficient (Wildman–Crippen LogP) is 2.38. The van der Waals surface area contributed by atoms with Gasteiger partial charge in [0.25, 0.3) is 5.91 Å². The van der Waals surface area contributed by atoms with Gasteiger partial charge in [0.15, 0.2) is 0 Å². The fourth-order valence-corrected chi connectivity index (χ4v) is 2.71. The maximum Gasteiger partial charge on any atom is 0.256 e. The summed E-state index contributed by atoms with van der Waals surface area (Å²) in [5, 5.41) is 12.6. The number of benzene rings is 1. The number of hydrogen-bond acceptors (Lipinski definition) is 3. The van der Waals surface area contributed by atoms with Gasteiger partial charge in [-0.2, -0.15) is 0 Å². The lowest BCUT2D eigenvalue weighted by atomic mass is 10.1. The summed E-state index contributed by atoms with van der Waals surface area (Å²) >= 11 is 0. The molecule has 1 aliphatic rings. The van der Waals surface area contributed by atoms with Crippen molar-refractivity contribution in [1.82, 2.24) is 10.2 Å². The third-order valence-electron chi connectivity index (χ3n) is 3.66. The van der Waals surface area contributed by atoms with Gasteiger partial charge in [0.05, 0.1) is 5.56 Å². The molecule has 1 heterocycles. The van der Waals surface area contributed by atoms with Gasteiger partial charge in [-0.15, -0.1) is 0 Å². The van der Waals surface area contributed by atoms with E-state index in [1.807, 2.05) is 13.8 Å². The van der Waals surface area contributed by atoms with Gasteiger partial charge < -0.3 is 15.3 Å². The first-order chi connectivity index (χ1) is 9.97. The van der Waals surface area contributed by atoms with E-state index < -0.39 is 5.82 Å². The normalized spacial score (nSPS) is 18.2. The summed E-state index contributed by atoms with van der Waals surface area (Å²) in [7, 11) is 0. The highest BCUT2D eigenvalue weighted by Crippen LogP contribution is 2.18. The maximum atomic E-state index is 13.9. The summed E-state index contributed by atoms with van der Waals surface area (Å²) < 4.78 is 13.9. The van der Waals surface area contributed by atoms with Crippen LogP contribution in [0.1, 0.15) is 37.0 Å². The van der Waals surface area contributed by atoms with Gasteiger partial charge >= 0.3 is 0 Å². The van der Waals surface area contributed by atoms with Crippen LogP contribution < -0.4 is 5.32 Å². The van der Waals surface area contributed by atoms with Crippen molar-refractivity contribution in [3.8, 4) is 5.75 Å². The van der Waals surface area contributed by atoms with E-state index in [1.165, 1.54) is 12.1 Å². The Hall–Kier alpha value is -1.62. The summed E-state index contributed by atoms with van der Waals surface area (Å²) in [4.78, 5) is 14.3. The van der Waals surface area contributed by atoms with Crippen molar-refractivity contribution in [1.29, 1.82) is 0 Å². The molecule has 1 fully saturated rings. The highest BCUT2D eigenvalue weighted by molar-refractivity contribution is 5.94. The van der Waals surface area contributed by atoms with Gasteiger partial charge in [0.2, 0.25) is 0 Å². The topological polar surface area (TPSA) is 52.6 Å². The lowest BCUT2D eigenvalue weighted by Gasteiger charge is -2.27. The van der Waals surface area contributed by atoms with E-state index in [4.69, 9.17) is 0 Å². The molecular weight excluding hydrogens is 271 g/mol. The van der Waals surface area contributed by atoms with Crippen LogP contribution >= 0.6 is 0 Å². The predicted molar refractivity (Wildman–Crippen MR) is 79.8 cm³/mol. The first kappa shape index (κ1) is 15.8. The number of phenolic OH excluding ortho intramolecular Hbond substituents is 1. The number of halogens is 1. The molecular formula is C16H23FN2O2. The minimum absolute atomic E-state index is 0.0199. The van der Waals surface area contributed by atoms with Crippen molar-refractivity contribution in [3.63, 3.8) is 0 Å². The van der Waals surface area contributed by atoms with E-state index in [0.29, 0.717) is 19.0 Å². The van der Waals surface area contributed by atoms with Crippen LogP contribution in [0.5, 0.6) is 5.75 Å². The Morgan fingerprint density at radius 3 is 2.86 bits per heavy atom. The highest BCUT2D eigenvalue weighted by atomic mass is 19.1. The fourth-order valence-electron chi connectivity index (χ4n) is 2.71. The molecule has 5 heteroatoms. The zero-order valence-electron chi connectivity index (χ0n) is 12.6. The number of amides is 1. The molecule has 1 saturated heterocycles.